The molecule has 0 aliphatic rings. The first-order valence-corrected chi connectivity index (χ1v) is 6.83. The second-order valence-corrected chi connectivity index (χ2v) is 5.99. The fourth-order valence-corrected chi connectivity index (χ4v) is 1.48. The number of rotatable bonds is 5. The van der Waals surface area contributed by atoms with Crippen LogP contribution in [0.15, 0.2) is 24.3 Å². The minimum atomic E-state index is -3.17. The topological polar surface area (TPSA) is 84.2 Å². The number of hydrogen-bond acceptors (Lipinski definition) is 3. The van der Waals surface area contributed by atoms with E-state index in [-0.39, 0.29) is 29.6 Å². The molecule has 4 N–H and O–H groups in total. The zero-order valence-corrected chi connectivity index (χ0v) is 14.1. The molecule has 0 fully saturated rings. The van der Waals surface area contributed by atoms with Crippen molar-refractivity contribution in [2.24, 2.45) is 11.1 Å². The first kappa shape index (κ1) is 21.3. The van der Waals surface area contributed by atoms with Crippen LogP contribution in [0, 0.1) is 5.41 Å². The molecule has 5 nitrogen and oxygen atoms in total. The fourth-order valence-electron chi connectivity index (χ4n) is 1.48. The van der Waals surface area contributed by atoms with Crippen LogP contribution in [0.2, 0.25) is 0 Å². The summed E-state index contributed by atoms with van der Waals surface area (Å²) in [5, 5.41) is 4.75. The van der Waals surface area contributed by atoms with Gasteiger partial charge in [-0.3, -0.25) is 9.59 Å². The molecule has 1 rings (SSSR count). The van der Waals surface area contributed by atoms with E-state index in [1.54, 1.807) is 39.0 Å². The molecule has 0 atom stereocenters. The summed E-state index contributed by atoms with van der Waals surface area (Å²) < 4.78 is 26.2. The Bertz CT molecular complexity index is 560. The van der Waals surface area contributed by atoms with Gasteiger partial charge in [-0.05, 0) is 12.1 Å². The van der Waals surface area contributed by atoms with Crippen molar-refractivity contribution in [3.05, 3.63) is 29.8 Å². The maximum absolute atomic E-state index is 13.1. The van der Waals surface area contributed by atoms with Crippen LogP contribution >= 0.6 is 12.4 Å². The highest BCUT2D eigenvalue weighted by Gasteiger charge is 2.28. The van der Waals surface area contributed by atoms with E-state index < -0.39 is 30.3 Å². The lowest BCUT2D eigenvalue weighted by atomic mass is 9.95. The maximum atomic E-state index is 13.1. The Kier molecular flexibility index (Phi) is 7.60. The van der Waals surface area contributed by atoms with E-state index in [0.29, 0.717) is 0 Å². The lowest BCUT2D eigenvalue weighted by Crippen LogP contribution is -2.41. The van der Waals surface area contributed by atoms with Crippen LogP contribution in [0.5, 0.6) is 0 Å². The van der Waals surface area contributed by atoms with Gasteiger partial charge < -0.3 is 16.4 Å². The number of amides is 2. The van der Waals surface area contributed by atoms with Gasteiger partial charge in [0.15, 0.2) is 0 Å². The molecule has 2 amide bonds. The minimum Gasteiger partial charge on any atom is -0.346 e. The van der Waals surface area contributed by atoms with Crippen molar-refractivity contribution in [1.82, 2.24) is 5.32 Å². The standard InChI is InChI=1S/C15H21F2N3O2.ClH/c1-14(2,3)13(22)20-11-7-5-4-6-10(11)12(21)19-9-15(16,17)8-18;/h4-7H,8-9,18H2,1-3H3,(H,19,21)(H,20,22);1H. The van der Waals surface area contributed by atoms with E-state index in [1.807, 2.05) is 0 Å². The van der Waals surface area contributed by atoms with Gasteiger partial charge in [-0.15, -0.1) is 12.4 Å². The number of halogens is 3. The summed E-state index contributed by atoms with van der Waals surface area (Å²) in [6.45, 7) is 3.48. The van der Waals surface area contributed by atoms with Crippen LogP contribution in [0.1, 0.15) is 31.1 Å². The van der Waals surface area contributed by atoms with Gasteiger partial charge in [0, 0.05) is 5.41 Å². The molecule has 0 aliphatic carbocycles. The highest BCUT2D eigenvalue weighted by atomic mass is 35.5. The van der Waals surface area contributed by atoms with Gasteiger partial charge >= 0.3 is 0 Å². The van der Waals surface area contributed by atoms with Crippen molar-refractivity contribution in [2.45, 2.75) is 26.7 Å². The second-order valence-electron chi connectivity index (χ2n) is 5.99. The predicted octanol–water partition coefficient (Wildman–Crippen LogP) is 2.42. The Morgan fingerprint density at radius 2 is 1.74 bits per heavy atom. The van der Waals surface area contributed by atoms with E-state index in [2.05, 4.69) is 10.6 Å². The van der Waals surface area contributed by atoms with E-state index >= 15 is 0 Å². The van der Waals surface area contributed by atoms with Crippen molar-refractivity contribution in [3.63, 3.8) is 0 Å². The molecule has 8 heteroatoms. The van der Waals surface area contributed by atoms with Gasteiger partial charge in [-0.25, -0.2) is 8.78 Å². The lowest BCUT2D eigenvalue weighted by Gasteiger charge is -2.20. The second kappa shape index (κ2) is 8.21. The van der Waals surface area contributed by atoms with Crippen LogP contribution in [0.3, 0.4) is 0 Å². The number of nitrogens with two attached hydrogens (primary N) is 1. The molecule has 0 saturated carbocycles. The third kappa shape index (κ3) is 6.50. The van der Waals surface area contributed by atoms with Crippen molar-refractivity contribution in [2.75, 3.05) is 18.4 Å². The molecule has 0 saturated heterocycles. The number of anilines is 1. The number of nitrogens with one attached hydrogen (secondary N) is 2. The Labute approximate surface area is 140 Å². The molecule has 0 heterocycles. The van der Waals surface area contributed by atoms with E-state index in [0.717, 1.165) is 0 Å². The van der Waals surface area contributed by atoms with Crippen molar-refractivity contribution in [1.29, 1.82) is 0 Å². The van der Waals surface area contributed by atoms with Crippen LogP contribution < -0.4 is 16.4 Å². The average molecular weight is 350 g/mol. The molecule has 1 aromatic carbocycles. The molecule has 0 radical (unpaired) electrons. The summed E-state index contributed by atoms with van der Waals surface area (Å²) in [6.07, 6.45) is 0. The van der Waals surface area contributed by atoms with Gasteiger partial charge in [0.1, 0.15) is 0 Å². The molecular weight excluding hydrogens is 328 g/mol. The molecule has 0 unspecified atom stereocenters. The SMILES string of the molecule is CC(C)(C)C(=O)Nc1ccccc1C(=O)NCC(F)(F)CN.Cl. The lowest BCUT2D eigenvalue weighted by molar-refractivity contribution is -0.123. The molecule has 23 heavy (non-hydrogen) atoms. The fraction of sp³-hybridized carbons (Fsp3) is 0.467. The Balaban J connectivity index is 0.00000484. The molecule has 0 bridgehead atoms. The van der Waals surface area contributed by atoms with E-state index in [1.165, 1.54) is 6.07 Å². The van der Waals surface area contributed by atoms with Gasteiger partial charge in [-0.1, -0.05) is 32.9 Å². The summed E-state index contributed by atoms with van der Waals surface area (Å²) in [4.78, 5) is 24.0. The van der Waals surface area contributed by atoms with E-state index in [9.17, 15) is 18.4 Å². The van der Waals surface area contributed by atoms with Gasteiger partial charge in [0.25, 0.3) is 11.8 Å². The third-order valence-electron chi connectivity index (χ3n) is 2.91. The van der Waals surface area contributed by atoms with Gasteiger partial charge in [-0.2, -0.15) is 0 Å². The minimum absolute atomic E-state index is 0. The average Bonchev–Trinajstić information content (AvgIpc) is 2.44. The van der Waals surface area contributed by atoms with Crippen molar-refractivity contribution < 1.29 is 18.4 Å². The first-order valence-electron chi connectivity index (χ1n) is 6.83. The number of alkyl halides is 2. The molecule has 1 aromatic rings. The van der Waals surface area contributed by atoms with Gasteiger partial charge in [0.05, 0.1) is 24.3 Å². The van der Waals surface area contributed by atoms with E-state index in [4.69, 9.17) is 5.73 Å². The molecule has 0 aromatic heterocycles. The number of carbonyl (C=O) groups excluding carboxylic acids is 2. The quantitative estimate of drug-likeness (QED) is 0.763. The highest BCUT2D eigenvalue weighted by Crippen LogP contribution is 2.20. The number of para-hydroxylation sites is 1. The zero-order valence-electron chi connectivity index (χ0n) is 13.3. The normalized spacial score (nSPS) is 11.4. The van der Waals surface area contributed by atoms with Crippen LogP contribution in [0.25, 0.3) is 0 Å². The molecule has 130 valence electrons. The number of benzene rings is 1. The Morgan fingerprint density at radius 1 is 1.17 bits per heavy atom. The number of carbonyl (C=O) groups is 2. The highest BCUT2D eigenvalue weighted by molar-refractivity contribution is 6.04. The largest absolute Gasteiger partial charge is 0.346 e. The Hall–Kier alpha value is -1.73. The van der Waals surface area contributed by atoms with Crippen LogP contribution in [-0.4, -0.2) is 30.8 Å². The molecular formula is C15H22ClF2N3O2. The maximum Gasteiger partial charge on any atom is 0.277 e. The molecule has 0 spiro atoms. The summed E-state index contributed by atoms with van der Waals surface area (Å²) in [5.41, 5.74) is 4.67. The summed E-state index contributed by atoms with van der Waals surface area (Å²) in [5.74, 6) is -4.14. The summed E-state index contributed by atoms with van der Waals surface area (Å²) >= 11 is 0. The summed E-state index contributed by atoms with van der Waals surface area (Å²) in [6, 6.07) is 6.22. The zero-order chi connectivity index (χ0) is 17.0. The summed E-state index contributed by atoms with van der Waals surface area (Å²) in [7, 11) is 0. The Morgan fingerprint density at radius 3 is 2.26 bits per heavy atom. The van der Waals surface area contributed by atoms with Crippen LogP contribution in [0.4, 0.5) is 14.5 Å². The predicted molar refractivity (Wildman–Crippen MR) is 88.1 cm³/mol. The van der Waals surface area contributed by atoms with Crippen molar-refractivity contribution in [3.8, 4) is 0 Å². The van der Waals surface area contributed by atoms with Crippen molar-refractivity contribution >= 4 is 29.9 Å². The molecule has 0 aliphatic heterocycles. The smallest absolute Gasteiger partial charge is 0.277 e. The number of hydrogen-bond donors (Lipinski definition) is 3. The van der Waals surface area contributed by atoms with Crippen LogP contribution in [-0.2, 0) is 4.79 Å². The van der Waals surface area contributed by atoms with Gasteiger partial charge in [0.2, 0.25) is 5.91 Å². The first-order chi connectivity index (χ1) is 10.1. The monoisotopic (exact) mass is 349 g/mol. The third-order valence-corrected chi connectivity index (χ3v) is 2.91.